The smallest absolute Gasteiger partial charge is 0.164 e. The molecule has 0 bridgehead atoms. The number of ether oxygens (including phenoxy) is 1. The van der Waals surface area contributed by atoms with Gasteiger partial charge >= 0.3 is 0 Å². The van der Waals surface area contributed by atoms with Crippen LogP contribution in [-0.4, -0.2) is 21.6 Å². The lowest BCUT2D eigenvalue weighted by molar-refractivity contribution is 0.415. The predicted octanol–water partition coefficient (Wildman–Crippen LogP) is 4.86. The van der Waals surface area contributed by atoms with Gasteiger partial charge < -0.3 is 4.74 Å². The van der Waals surface area contributed by atoms with Crippen LogP contribution in [0.25, 0.3) is 28.2 Å². The van der Waals surface area contributed by atoms with Gasteiger partial charge in [0, 0.05) is 16.4 Å². The van der Waals surface area contributed by atoms with E-state index in [1.807, 2.05) is 54.6 Å². The SMILES string of the molecule is COc1ccc(-n2c(-c3cc(Br)ccn3)nc3ccccc32)cc1. The van der Waals surface area contributed by atoms with Crippen LogP contribution in [0.1, 0.15) is 0 Å². The number of rotatable bonds is 3. The van der Waals surface area contributed by atoms with Gasteiger partial charge in [-0.05, 0) is 48.5 Å². The molecule has 24 heavy (non-hydrogen) atoms. The van der Waals surface area contributed by atoms with E-state index in [9.17, 15) is 0 Å². The molecular weight excluding hydrogens is 366 g/mol. The van der Waals surface area contributed by atoms with Crippen LogP contribution in [0.2, 0.25) is 0 Å². The van der Waals surface area contributed by atoms with Gasteiger partial charge in [0.2, 0.25) is 0 Å². The first-order valence-electron chi connectivity index (χ1n) is 7.50. The predicted molar refractivity (Wildman–Crippen MR) is 98.6 cm³/mol. The monoisotopic (exact) mass is 379 g/mol. The number of pyridine rings is 1. The number of nitrogens with zero attached hydrogens (tertiary/aromatic N) is 3. The first-order valence-corrected chi connectivity index (χ1v) is 8.29. The summed E-state index contributed by atoms with van der Waals surface area (Å²) in [4.78, 5) is 9.28. The van der Waals surface area contributed by atoms with Crippen molar-refractivity contribution >= 4 is 27.0 Å². The maximum Gasteiger partial charge on any atom is 0.164 e. The molecule has 2 heterocycles. The van der Waals surface area contributed by atoms with Crippen LogP contribution < -0.4 is 4.74 Å². The summed E-state index contributed by atoms with van der Waals surface area (Å²) in [6, 6.07) is 19.9. The van der Waals surface area contributed by atoms with Crippen molar-refractivity contribution in [2.24, 2.45) is 0 Å². The minimum absolute atomic E-state index is 0.808. The molecule has 118 valence electrons. The maximum atomic E-state index is 5.26. The van der Waals surface area contributed by atoms with Gasteiger partial charge in [-0.2, -0.15) is 0 Å². The van der Waals surface area contributed by atoms with Gasteiger partial charge in [-0.3, -0.25) is 9.55 Å². The van der Waals surface area contributed by atoms with Crippen molar-refractivity contribution in [2.45, 2.75) is 0 Å². The van der Waals surface area contributed by atoms with E-state index < -0.39 is 0 Å². The molecule has 0 unspecified atom stereocenters. The summed E-state index contributed by atoms with van der Waals surface area (Å²) in [6.45, 7) is 0. The Morgan fingerprint density at radius 3 is 2.54 bits per heavy atom. The first-order chi connectivity index (χ1) is 11.8. The second kappa shape index (κ2) is 6.09. The number of halogens is 1. The molecule has 0 spiro atoms. The zero-order valence-corrected chi connectivity index (χ0v) is 14.6. The minimum Gasteiger partial charge on any atom is -0.497 e. The minimum atomic E-state index is 0.808. The molecule has 4 rings (SSSR count). The second-order valence-electron chi connectivity index (χ2n) is 5.32. The van der Waals surface area contributed by atoms with Crippen molar-refractivity contribution in [3.8, 4) is 23.0 Å². The third-order valence-corrected chi connectivity index (χ3v) is 4.34. The quantitative estimate of drug-likeness (QED) is 0.510. The normalized spacial score (nSPS) is 10.9. The molecule has 0 aliphatic heterocycles. The van der Waals surface area contributed by atoms with E-state index in [0.717, 1.165) is 38.5 Å². The summed E-state index contributed by atoms with van der Waals surface area (Å²) in [7, 11) is 1.67. The van der Waals surface area contributed by atoms with E-state index in [1.165, 1.54) is 0 Å². The van der Waals surface area contributed by atoms with E-state index in [4.69, 9.17) is 9.72 Å². The maximum absolute atomic E-state index is 5.26. The molecule has 4 aromatic rings. The highest BCUT2D eigenvalue weighted by Crippen LogP contribution is 2.29. The Morgan fingerprint density at radius 1 is 1.00 bits per heavy atom. The van der Waals surface area contributed by atoms with Crippen LogP contribution in [0.5, 0.6) is 5.75 Å². The number of aromatic nitrogens is 3. The third kappa shape index (κ3) is 2.57. The van der Waals surface area contributed by atoms with Crippen LogP contribution in [-0.2, 0) is 0 Å². The molecule has 0 amide bonds. The van der Waals surface area contributed by atoms with Crippen LogP contribution in [0.3, 0.4) is 0 Å². The van der Waals surface area contributed by atoms with Gasteiger partial charge in [0.05, 0.1) is 18.1 Å². The third-order valence-electron chi connectivity index (χ3n) is 3.84. The first kappa shape index (κ1) is 14.9. The fourth-order valence-corrected chi connectivity index (χ4v) is 3.05. The Bertz CT molecular complexity index is 1010. The van der Waals surface area contributed by atoms with Gasteiger partial charge in [-0.25, -0.2) is 4.98 Å². The lowest BCUT2D eigenvalue weighted by Gasteiger charge is -2.10. The molecule has 2 aromatic carbocycles. The topological polar surface area (TPSA) is 39.9 Å². The molecule has 0 saturated carbocycles. The molecule has 0 N–H and O–H groups in total. The van der Waals surface area contributed by atoms with Crippen molar-refractivity contribution < 1.29 is 4.74 Å². The van der Waals surface area contributed by atoms with Crippen molar-refractivity contribution in [3.05, 3.63) is 71.3 Å². The highest BCUT2D eigenvalue weighted by molar-refractivity contribution is 9.10. The van der Waals surface area contributed by atoms with Crippen molar-refractivity contribution in [3.63, 3.8) is 0 Å². The van der Waals surface area contributed by atoms with Gasteiger partial charge in [0.25, 0.3) is 0 Å². The second-order valence-corrected chi connectivity index (χ2v) is 6.23. The summed E-state index contributed by atoms with van der Waals surface area (Å²) < 4.78 is 8.35. The van der Waals surface area contributed by atoms with Gasteiger partial charge in [0.1, 0.15) is 11.4 Å². The van der Waals surface area contributed by atoms with E-state index in [-0.39, 0.29) is 0 Å². The fourth-order valence-electron chi connectivity index (χ4n) is 2.72. The Balaban J connectivity index is 1.99. The zero-order valence-electron chi connectivity index (χ0n) is 13.0. The van der Waals surface area contributed by atoms with Crippen molar-refractivity contribution in [1.29, 1.82) is 0 Å². The van der Waals surface area contributed by atoms with E-state index in [2.05, 4.69) is 31.5 Å². The molecule has 0 aliphatic carbocycles. The molecule has 0 fully saturated rings. The fraction of sp³-hybridized carbons (Fsp3) is 0.0526. The molecule has 0 radical (unpaired) electrons. The molecule has 2 aromatic heterocycles. The molecule has 5 heteroatoms. The summed E-state index contributed by atoms with van der Waals surface area (Å²) in [6.07, 6.45) is 1.77. The van der Waals surface area contributed by atoms with Crippen LogP contribution in [0.15, 0.2) is 71.3 Å². The van der Waals surface area contributed by atoms with Gasteiger partial charge in [-0.15, -0.1) is 0 Å². The number of hydrogen-bond acceptors (Lipinski definition) is 3. The van der Waals surface area contributed by atoms with E-state index in [0.29, 0.717) is 0 Å². The number of hydrogen-bond donors (Lipinski definition) is 0. The average molecular weight is 380 g/mol. The largest absolute Gasteiger partial charge is 0.497 e. The van der Waals surface area contributed by atoms with Crippen LogP contribution >= 0.6 is 15.9 Å². The number of fused-ring (bicyclic) bond motifs is 1. The molecule has 0 aliphatic rings. The summed E-state index contributed by atoms with van der Waals surface area (Å²) in [5, 5.41) is 0. The Hall–Kier alpha value is -2.66. The van der Waals surface area contributed by atoms with E-state index in [1.54, 1.807) is 13.3 Å². The van der Waals surface area contributed by atoms with E-state index >= 15 is 0 Å². The number of benzene rings is 2. The summed E-state index contributed by atoms with van der Waals surface area (Å²) in [5.41, 5.74) is 3.81. The molecule has 0 atom stereocenters. The summed E-state index contributed by atoms with van der Waals surface area (Å²) >= 11 is 3.51. The molecule has 0 saturated heterocycles. The lowest BCUT2D eigenvalue weighted by atomic mass is 10.2. The number of para-hydroxylation sites is 2. The zero-order chi connectivity index (χ0) is 16.5. The van der Waals surface area contributed by atoms with Crippen molar-refractivity contribution in [1.82, 2.24) is 14.5 Å². The Morgan fingerprint density at radius 2 is 1.79 bits per heavy atom. The van der Waals surface area contributed by atoms with Crippen molar-refractivity contribution in [2.75, 3.05) is 7.11 Å². The lowest BCUT2D eigenvalue weighted by Crippen LogP contribution is -1.99. The average Bonchev–Trinajstić information content (AvgIpc) is 3.01. The number of methoxy groups -OCH3 is 1. The van der Waals surface area contributed by atoms with Gasteiger partial charge in [0.15, 0.2) is 5.82 Å². The number of imidazole rings is 1. The summed E-state index contributed by atoms with van der Waals surface area (Å²) in [5.74, 6) is 1.63. The van der Waals surface area contributed by atoms with Crippen LogP contribution in [0.4, 0.5) is 0 Å². The molecular formula is C19H14BrN3O. The Labute approximate surface area is 147 Å². The van der Waals surface area contributed by atoms with Crippen LogP contribution in [0, 0.1) is 0 Å². The standard InChI is InChI=1S/C19H14BrN3O/c1-24-15-8-6-14(7-9-15)23-18-5-3-2-4-16(18)22-19(23)17-12-13(20)10-11-21-17/h2-12H,1H3. The highest BCUT2D eigenvalue weighted by Gasteiger charge is 2.15. The van der Waals surface area contributed by atoms with Gasteiger partial charge in [-0.1, -0.05) is 28.1 Å². The Kier molecular flexibility index (Phi) is 3.78. The molecule has 4 nitrogen and oxygen atoms in total. The highest BCUT2D eigenvalue weighted by atomic mass is 79.9.